The molecule has 0 radical (unpaired) electrons. The van der Waals surface area contributed by atoms with Crippen LogP contribution >= 0.6 is 0 Å². The zero-order valence-corrected chi connectivity index (χ0v) is 11.1. The Morgan fingerprint density at radius 3 is 1.62 bits per heavy atom. The lowest BCUT2D eigenvalue weighted by atomic mass is 9.76. The van der Waals surface area contributed by atoms with Crippen molar-refractivity contribution in [3.8, 4) is 11.5 Å². The molecule has 0 aliphatic heterocycles. The standard InChI is InChI=1S/C17H12O4/c18-9-1-3-11-13(5-9)17(7-15(11)20)8-16(21)12-4-2-10(19)6-14(12)17/h1-6,18-19H,7-8H2. The van der Waals surface area contributed by atoms with E-state index in [1.165, 1.54) is 12.1 Å². The Labute approximate surface area is 120 Å². The summed E-state index contributed by atoms with van der Waals surface area (Å²) in [7, 11) is 0. The van der Waals surface area contributed by atoms with Crippen LogP contribution in [0.4, 0.5) is 0 Å². The van der Waals surface area contributed by atoms with E-state index < -0.39 is 5.41 Å². The minimum Gasteiger partial charge on any atom is -0.508 e. The molecule has 0 saturated carbocycles. The van der Waals surface area contributed by atoms with Gasteiger partial charge in [0, 0.05) is 29.4 Å². The van der Waals surface area contributed by atoms with Gasteiger partial charge in [-0.2, -0.15) is 0 Å². The predicted octanol–water partition coefficient (Wildman–Crippen LogP) is 2.56. The van der Waals surface area contributed by atoms with Crippen molar-refractivity contribution >= 4 is 11.6 Å². The molecule has 4 heteroatoms. The maximum absolute atomic E-state index is 12.3. The van der Waals surface area contributed by atoms with Crippen LogP contribution in [0.3, 0.4) is 0 Å². The van der Waals surface area contributed by atoms with E-state index >= 15 is 0 Å². The molecule has 2 aromatic rings. The highest BCUT2D eigenvalue weighted by atomic mass is 16.3. The maximum Gasteiger partial charge on any atom is 0.164 e. The van der Waals surface area contributed by atoms with Gasteiger partial charge in [-0.05, 0) is 47.5 Å². The van der Waals surface area contributed by atoms with Gasteiger partial charge in [0.1, 0.15) is 11.5 Å². The normalized spacial score (nSPS) is 18.1. The van der Waals surface area contributed by atoms with Crippen molar-refractivity contribution in [2.75, 3.05) is 0 Å². The highest BCUT2D eigenvalue weighted by molar-refractivity contribution is 6.09. The van der Waals surface area contributed by atoms with Gasteiger partial charge in [-0.15, -0.1) is 0 Å². The number of Topliss-reactive ketones (excluding diaryl/α,β-unsaturated/α-hetero) is 2. The largest absolute Gasteiger partial charge is 0.508 e. The molecule has 0 unspecified atom stereocenters. The number of hydrogen-bond donors (Lipinski definition) is 2. The van der Waals surface area contributed by atoms with Crippen LogP contribution in [-0.2, 0) is 5.41 Å². The third-order valence-electron chi connectivity index (χ3n) is 4.56. The van der Waals surface area contributed by atoms with E-state index in [0.29, 0.717) is 22.3 Å². The van der Waals surface area contributed by atoms with Crippen molar-refractivity contribution in [1.29, 1.82) is 0 Å². The summed E-state index contributed by atoms with van der Waals surface area (Å²) >= 11 is 0. The van der Waals surface area contributed by atoms with Crippen LogP contribution < -0.4 is 0 Å². The average molecular weight is 280 g/mol. The Bertz CT molecular complexity index is 750. The van der Waals surface area contributed by atoms with E-state index in [4.69, 9.17) is 0 Å². The van der Waals surface area contributed by atoms with Crippen molar-refractivity contribution in [1.82, 2.24) is 0 Å². The summed E-state index contributed by atoms with van der Waals surface area (Å²) in [5.41, 5.74) is 1.74. The van der Waals surface area contributed by atoms with E-state index in [2.05, 4.69) is 0 Å². The van der Waals surface area contributed by atoms with E-state index in [9.17, 15) is 19.8 Å². The average Bonchev–Trinajstić information content (AvgIpc) is 2.86. The predicted molar refractivity (Wildman–Crippen MR) is 74.9 cm³/mol. The summed E-state index contributed by atoms with van der Waals surface area (Å²) in [5.74, 6) is 0.0794. The van der Waals surface area contributed by atoms with E-state index in [1.54, 1.807) is 24.3 Å². The number of carbonyl (C=O) groups excluding carboxylic acids is 2. The second-order valence-corrected chi connectivity index (χ2v) is 5.74. The van der Waals surface area contributed by atoms with Gasteiger partial charge in [-0.25, -0.2) is 0 Å². The number of benzene rings is 2. The van der Waals surface area contributed by atoms with Gasteiger partial charge < -0.3 is 10.2 Å². The third kappa shape index (κ3) is 1.44. The summed E-state index contributed by atoms with van der Waals surface area (Å²) in [6, 6.07) is 9.30. The van der Waals surface area contributed by atoms with Crippen LogP contribution in [0.5, 0.6) is 11.5 Å². The highest BCUT2D eigenvalue weighted by Gasteiger charge is 2.51. The van der Waals surface area contributed by atoms with Gasteiger partial charge in [0.15, 0.2) is 11.6 Å². The number of rotatable bonds is 0. The van der Waals surface area contributed by atoms with Crippen LogP contribution in [-0.4, -0.2) is 21.8 Å². The SMILES string of the molecule is O=C1CC2(CC(=O)c3ccc(O)cc32)c2cc(O)ccc21. The number of aromatic hydroxyl groups is 2. The minimum atomic E-state index is -0.740. The zero-order chi connectivity index (χ0) is 14.8. The second kappa shape index (κ2) is 3.73. The van der Waals surface area contributed by atoms with E-state index in [-0.39, 0.29) is 35.9 Å². The van der Waals surface area contributed by atoms with Crippen LogP contribution in [0, 0.1) is 0 Å². The number of phenols is 2. The molecule has 4 nitrogen and oxygen atoms in total. The number of hydrogen-bond acceptors (Lipinski definition) is 4. The third-order valence-corrected chi connectivity index (χ3v) is 4.56. The van der Waals surface area contributed by atoms with Crippen molar-refractivity contribution in [2.45, 2.75) is 18.3 Å². The number of phenolic OH excluding ortho intramolecular Hbond substituents is 2. The van der Waals surface area contributed by atoms with Crippen molar-refractivity contribution in [2.24, 2.45) is 0 Å². The molecule has 104 valence electrons. The number of ketones is 2. The number of fused-ring (bicyclic) bond motifs is 4. The molecule has 0 fully saturated rings. The Morgan fingerprint density at radius 1 is 0.762 bits per heavy atom. The van der Waals surface area contributed by atoms with Crippen molar-refractivity contribution in [3.05, 3.63) is 58.7 Å². The van der Waals surface area contributed by atoms with Crippen molar-refractivity contribution in [3.63, 3.8) is 0 Å². The van der Waals surface area contributed by atoms with Crippen LogP contribution in [0.25, 0.3) is 0 Å². The lowest BCUT2D eigenvalue weighted by molar-refractivity contribution is 0.0957. The summed E-state index contributed by atoms with van der Waals surface area (Å²) in [5, 5.41) is 19.5. The van der Waals surface area contributed by atoms with Gasteiger partial charge in [-0.1, -0.05) is 0 Å². The molecule has 0 atom stereocenters. The summed E-state index contributed by atoms with van der Waals surface area (Å²) < 4.78 is 0. The minimum absolute atomic E-state index is 0.0333. The topological polar surface area (TPSA) is 74.6 Å². The highest BCUT2D eigenvalue weighted by Crippen LogP contribution is 2.53. The Morgan fingerprint density at radius 2 is 1.19 bits per heavy atom. The fourth-order valence-electron chi connectivity index (χ4n) is 3.67. The second-order valence-electron chi connectivity index (χ2n) is 5.74. The maximum atomic E-state index is 12.3. The zero-order valence-electron chi connectivity index (χ0n) is 11.1. The first-order chi connectivity index (χ1) is 10.0. The van der Waals surface area contributed by atoms with Gasteiger partial charge in [0.25, 0.3) is 0 Å². The fraction of sp³-hybridized carbons (Fsp3) is 0.176. The Kier molecular flexibility index (Phi) is 2.15. The first kappa shape index (κ1) is 12.1. The molecule has 0 saturated heterocycles. The number of carbonyl (C=O) groups is 2. The molecular weight excluding hydrogens is 268 g/mol. The lowest BCUT2D eigenvalue weighted by Gasteiger charge is -2.24. The van der Waals surface area contributed by atoms with Crippen LogP contribution in [0.15, 0.2) is 36.4 Å². The van der Waals surface area contributed by atoms with Gasteiger partial charge in [0.2, 0.25) is 0 Å². The van der Waals surface area contributed by atoms with Crippen LogP contribution in [0.2, 0.25) is 0 Å². The first-order valence-corrected chi connectivity index (χ1v) is 6.75. The van der Waals surface area contributed by atoms with Gasteiger partial charge in [0.05, 0.1) is 0 Å². The molecule has 0 amide bonds. The summed E-state index contributed by atoms with van der Waals surface area (Å²) in [4.78, 5) is 24.6. The molecule has 4 rings (SSSR count). The molecule has 1 spiro atoms. The molecule has 0 aromatic heterocycles. The summed E-state index contributed by atoms with van der Waals surface area (Å²) in [6.07, 6.45) is 0.405. The molecule has 2 aliphatic rings. The van der Waals surface area contributed by atoms with Crippen molar-refractivity contribution < 1.29 is 19.8 Å². The van der Waals surface area contributed by atoms with Gasteiger partial charge >= 0.3 is 0 Å². The Balaban J connectivity index is 2.05. The quantitative estimate of drug-likeness (QED) is 0.777. The smallest absolute Gasteiger partial charge is 0.164 e. The molecule has 0 bridgehead atoms. The Hall–Kier alpha value is -2.62. The summed E-state index contributed by atoms with van der Waals surface area (Å²) in [6.45, 7) is 0. The van der Waals surface area contributed by atoms with E-state index in [0.717, 1.165) is 0 Å². The molecule has 2 aromatic carbocycles. The molecule has 2 N–H and O–H groups in total. The lowest BCUT2D eigenvalue weighted by Crippen LogP contribution is -2.22. The monoisotopic (exact) mass is 280 g/mol. The molecule has 0 heterocycles. The fourth-order valence-corrected chi connectivity index (χ4v) is 3.67. The molecule has 21 heavy (non-hydrogen) atoms. The van der Waals surface area contributed by atoms with E-state index in [1.807, 2.05) is 0 Å². The molecule has 2 aliphatic carbocycles. The molecular formula is C17H12O4. The van der Waals surface area contributed by atoms with Gasteiger partial charge in [-0.3, -0.25) is 9.59 Å². The first-order valence-electron chi connectivity index (χ1n) is 6.75. The van der Waals surface area contributed by atoms with Crippen LogP contribution in [0.1, 0.15) is 44.7 Å².